The fourth-order valence-corrected chi connectivity index (χ4v) is 2.44. The van der Waals surface area contributed by atoms with Crippen LogP contribution in [0.15, 0.2) is 67.3 Å². The van der Waals surface area contributed by atoms with Gasteiger partial charge in [0.05, 0.1) is 12.9 Å². The molecule has 0 unspecified atom stereocenters. The van der Waals surface area contributed by atoms with Crippen LogP contribution in [0.1, 0.15) is 31.8 Å². The van der Waals surface area contributed by atoms with Crippen molar-refractivity contribution in [1.82, 2.24) is 14.9 Å². The molecule has 3 aromatic rings. The number of carbonyl (C=O) groups excluding carboxylic acids is 2. The van der Waals surface area contributed by atoms with Crippen molar-refractivity contribution < 1.29 is 9.59 Å². The quantitative estimate of drug-likeness (QED) is 0.682. The van der Waals surface area contributed by atoms with E-state index in [0.717, 1.165) is 11.1 Å². The minimum absolute atomic E-state index is 0.178. The van der Waals surface area contributed by atoms with Gasteiger partial charge in [-0.2, -0.15) is 0 Å². The van der Waals surface area contributed by atoms with Gasteiger partial charge in [0.1, 0.15) is 0 Å². The van der Waals surface area contributed by atoms with E-state index in [1.807, 2.05) is 22.9 Å². The van der Waals surface area contributed by atoms with Crippen LogP contribution in [0.4, 0.5) is 0 Å². The summed E-state index contributed by atoms with van der Waals surface area (Å²) in [6.45, 7) is 0.940. The first-order valence-corrected chi connectivity index (χ1v) is 8.33. The molecule has 0 atom stereocenters. The number of carbonyl (C=O) groups is 2. The molecule has 3 N–H and O–H groups in total. The zero-order chi connectivity index (χ0) is 19.1. The third kappa shape index (κ3) is 5.06. The molecule has 3 rings (SSSR count). The van der Waals surface area contributed by atoms with Crippen molar-refractivity contribution in [3.63, 3.8) is 0 Å². The molecular formula is C21H18N4O2. The van der Waals surface area contributed by atoms with Gasteiger partial charge in [-0.3, -0.25) is 9.59 Å². The highest BCUT2D eigenvalue weighted by atomic mass is 16.2. The lowest BCUT2D eigenvalue weighted by Gasteiger charge is -2.05. The molecule has 2 amide bonds. The molecule has 0 aliphatic carbocycles. The van der Waals surface area contributed by atoms with Crippen molar-refractivity contribution in [2.24, 2.45) is 5.73 Å². The lowest BCUT2D eigenvalue weighted by atomic mass is 10.1. The molecule has 0 saturated heterocycles. The van der Waals surface area contributed by atoms with Gasteiger partial charge in [0.25, 0.3) is 5.91 Å². The number of nitrogens with zero attached hydrogens (tertiary/aromatic N) is 2. The van der Waals surface area contributed by atoms with Gasteiger partial charge in [-0.1, -0.05) is 24.0 Å². The number of imidazole rings is 1. The Labute approximate surface area is 157 Å². The Morgan fingerprint density at radius 2 is 1.74 bits per heavy atom. The molecule has 1 heterocycles. The molecule has 0 aliphatic rings. The largest absolute Gasteiger partial charge is 0.366 e. The predicted molar refractivity (Wildman–Crippen MR) is 102 cm³/mol. The predicted octanol–water partition coefficient (Wildman–Crippen LogP) is 1.81. The van der Waals surface area contributed by atoms with Crippen LogP contribution in [0.25, 0.3) is 0 Å². The molecule has 0 radical (unpaired) electrons. The SMILES string of the molecule is NC(=O)c1ccc(C#CCNC(=O)c2ccc(Cn3ccnc3)cc2)cc1. The lowest BCUT2D eigenvalue weighted by Crippen LogP contribution is -2.23. The molecule has 0 aliphatic heterocycles. The smallest absolute Gasteiger partial charge is 0.252 e. The maximum absolute atomic E-state index is 12.2. The van der Waals surface area contributed by atoms with Crippen molar-refractivity contribution in [1.29, 1.82) is 0 Å². The maximum atomic E-state index is 12.2. The summed E-state index contributed by atoms with van der Waals surface area (Å²) >= 11 is 0. The number of amides is 2. The van der Waals surface area contributed by atoms with E-state index in [1.165, 1.54) is 0 Å². The number of rotatable bonds is 5. The topological polar surface area (TPSA) is 90.0 Å². The second-order valence-corrected chi connectivity index (χ2v) is 5.86. The molecule has 0 saturated carbocycles. The summed E-state index contributed by atoms with van der Waals surface area (Å²) in [4.78, 5) is 27.2. The molecule has 1 aromatic heterocycles. The summed E-state index contributed by atoms with van der Waals surface area (Å²) in [7, 11) is 0. The Morgan fingerprint density at radius 3 is 2.37 bits per heavy atom. The van der Waals surface area contributed by atoms with Crippen LogP contribution in [0, 0.1) is 11.8 Å². The van der Waals surface area contributed by atoms with E-state index in [9.17, 15) is 9.59 Å². The third-order valence-electron chi connectivity index (χ3n) is 3.88. The average Bonchev–Trinajstić information content (AvgIpc) is 3.19. The van der Waals surface area contributed by atoms with Gasteiger partial charge >= 0.3 is 0 Å². The molecule has 0 spiro atoms. The van der Waals surface area contributed by atoms with Crippen molar-refractivity contribution in [3.05, 3.63) is 89.5 Å². The van der Waals surface area contributed by atoms with Crippen LogP contribution in [0.3, 0.4) is 0 Å². The number of aromatic nitrogens is 2. The fraction of sp³-hybridized carbons (Fsp3) is 0.0952. The van der Waals surface area contributed by atoms with Crippen LogP contribution in [0.2, 0.25) is 0 Å². The van der Waals surface area contributed by atoms with E-state index < -0.39 is 5.91 Å². The highest BCUT2D eigenvalue weighted by molar-refractivity contribution is 5.94. The highest BCUT2D eigenvalue weighted by Crippen LogP contribution is 2.06. The van der Waals surface area contributed by atoms with Crippen LogP contribution in [-0.4, -0.2) is 27.9 Å². The Hall–Kier alpha value is -3.85. The molecule has 134 valence electrons. The second-order valence-electron chi connectivity index (χ2n) is 5.86. The molecular weight excluding hydrogens is 340 g/mol. The Bertz CT molecular complexity index is 979. The van der Waals surface area contributed by atoms with Crippen LogP contribution in [0.5, 0.6) is 0 Å². The van der Waals surface area contributed by atoms with E-state index in [-0.39, 0.29) is 12.5 Å². The normalized spacial score (nSPS) is 9.93. The van der Waals surface area contributed by atoms with Gasteiger partial charge in [0.2, 0.25) is 5.91 Å². The summed E-state index contributed by atoms with van der Waals surface area (Å²) in [5.74, 6) is 5.16. The molecule has 6 nitrogen and oxygen atoms in total. The number of nitrogens with one attached hydrogen (secondary N) is 1. The van der Waals surface area contributed by atoms with Gasteiger partial charge in [0, 0.05) is 35.6 Å². The minimum atomic E-state index is -0.474. The maximum Gasteiger partial charge on any atom is 0.252 e. The lowest BCUT2D eigenvalue weighted by molar-refractivity contribution is 0.0957. The number of benzene rings is 2. The summed E-state index contributed by atoms with van der Waals surface area (Å²) in [6.07, 6.45) is 5.37. The van der Waals surface area contributed by atoms with E-state index in [2.05, 4.69) is 22.1 Å². The van der Waals surface area contributed by atoms with Gasteiger partial charge in [0.15, 0.2) is 0 Å². The zero-order valence-corrected chi connectivity index (χ0v) is 14.6. The number of hydrogen-bond donors (Lipinski definition) is 2. The van der Waals surface area contributed by atoms with Crippen LogP contribution >= 0.6 is 0 Å². The van der Waals surface area contributed by atoms with Crippen molar-refractivity contribution >= 4 is 11.8 Å². The van der Waals surface area contributed by atoms with Crippen molar-refractivity contribution in [2.75, 3.05) is 6.54 Å². The summed E-state index contributed by atoms with van der Waals surface area (Å²) in [5.41, 5.74) is 8.04. The first kappa shape index (κ1) is 18.0. The molecule has 2 aromatic carbocycles. The number of nitrogens with two attached hydrogens (primary N) is 1. The van der Waals surface area contributed by atoms with Crippen LogP contribution in [-0.2, 0) is 6.54 Å². The molecule has 0 bridgehead atoms. The first-order chi connectivity index (χ1) is 13.1. The standard InChI is InChI=1S/C21H18N4O2/c22-20(26)18-7-3-16(4-8-18)2-1-11-24-21(27)19-9-5-17(6-10-19)14-25-13-12-23-15-25/h3-10,12-13,15H,11,14H2,(H2,22,26)(H,24,27). The molecule has 27 heavy (non-hydrogen) atoms. The van der Waals surface area contributed by atoms with E-state index in [0.29, 0.717) is 17.7 Å². The third-order valence-corrected chi connectivity index (χ3v) is 3.88. The highest BCUT2D eigenvalue weighted by Gasteiger charge is 2.04. The van der Waals surface area contributed by atoms with Crippen LogP contribution < -0.4 is 11.1 Å². The van der Waals surface area contributed by atoms with Crippen molar-refractivity contribution in [3.8, 4) is 11.8 Å². The van der Waals surface area contributed by atoms with Gasteiger partial charge in [-0.15, -0.1) is 0 Å². The molecule has 0 fully saturated rings. The number of hydrogen-bond acceptors (Lipinski definition) is 3. The van der Waals surface area contributed by atoms with E-state index in [4.69, 9.17) is 5.73 Å². The fourth-order valence-electron chi connectivity index (χ4n) is 2.44. The second kappa shape index (κ2) is 8.50. The first-order valence-electron chi connectivity index (χ1n) is 8.33. The summed E-state index contributed by atoms with van der Waals surface area (Å²) < 4.78 is 1.96. The zero-order valence-electron chi connectivity index (χ0n) is 14.6. The van der Waals surface area contributed by atoms with Gasteiger partial charge < -0.3 is 15.6 Å². The minimum Gasteiger partial charge on any atom is -0.366 e. The monoisotopic (exact) mass is 358 g/mol. The molecule has 6 heteroatoms. The van der Waals surface area contributed by atoms with E-state index in [1.54, 1.807) is 48.9 Å². The van der Waals surface area contributed by atoms with Gasteiger partial charge in [-0.05, 0) is 42.0 Å². The Morgan fingerprint density at radius 1 is 1.04 bits per heavy atom. The van der Waals surface area contributed by atoms with Gasteiger partial charge in [-0.25, -0.2) is 4.98 Å². The number of primary amides is 1. The average molecular weight is 358 g/mol. The summed E-state index contributed by atoms with van der Waals surface area (Å²) in [6, 6.07) is 14.1. The van der Waals surface area contributed by atoms with E-state index >= 15 is 0 Å². The summed E-state index contributed by atoms with van der Waals surface area (Å²) in [5, 5.41) is 2.76. The Balaban J connectivity index is 1.51. The Kier molecular flexibility index (Phi) is 5.65. The van der Waals surface area contributed by atoms with Crippen molar-refractivity contribution in [2.45, 2.75) is 6.54 Å².